The SMILES string of the molecule is CC1CN(C2COC2)CCN1c1ccc(Nc2cc(-c3cc(F)cc(-n4ncc5cc(C(C)(C)C)cc(F)c5c4=O)c3CO)cn(C)c2=O)nc1. The van der Waals surface area contributed by atoms with E-state index in [1.54, 1.807) is 31.4 Å². The molecule has 5 heterocycles. The molecule has 2 aromatic carbocycles. The van der Waals surface area contributed by atoms with Gasteiger partial charge in [-0.05, 0) is 59.9 Å². The van der Waals surface area contributed by atoms with Crippen molar-refractivity contribution >= 4 is 28.0 Å². The van der Waals surface area contributed by atoms with Crippen LogP contribution in [0.2, 0.25) is 0 Å². The van der Waals surface area contributed by atoms with Crippen LogP contribution in [0.3, 0.4) is 0 Å². The molecule has 2 saturated heterocycles. The minimum Gasteiger partial charge on any atom is -0.392 e. The summed E-state index contributed by atoms with van der Waals surface area (Å²) in [6.45, 7) is 11.7. The molecule has 0 spiro atoms. The molecule has 51 heavy (non-hydrogen) atoms. The first-order valence-electron chi connectivity index (χ1n) is 17.0. The number of hydrogen-bond donors (Lipinski definition) is 2. The molecule has 1 unspecified atom stereocenters. The molecule has 0 aliphatic carbocycles. The van der Waals surface area contributed by atoms with Gasteiger partial charge in [0.05, 0.1) is 55.0 Å². The van der Waals surface area contributed by atoms with E-state index in [9.17, 15) is 14.7 Å². The van der Waals surface area contributed by atoms with E-state index in [2.05, 4.69) is 32.1 Å². The number of halogens is 2. The number of benzene rings is 2. The van der Waals surface area contributed by atoms with Crippen molar-refractivity contribution < 1.29 is 18.6 Å². The number of rotatable bonds is 7. The Morgan fingerprint density at radius 2 is 1.80 bits per heavy atom. The molecular formula is C38H41F2N7O4. The fourth-order valence-electron chi connectivity index (χ4n) is 6.92. The van der Waals surface area contributed by atoms with Gasteiger partial charge in [-0.3, -0.25) is 14.5 Å². The number of fused-ring (bicyclic) bond motifs is 1. The number of ether oxygens (including phenoxy) is 1. The first-order valence-corrected chi connectivity index (χ1v) is 17.0. The summed E-state index contributed by atoms with van der Waals surface area (Å²) < 4.78 is 38.4. The molecule has 266 valence electrons. The molecule has 13 heteroatoms. The van der Waals surface area contributed by atoms with Crippen molar-refractivity contribution in [1.29, 1.82) is 0 Å². The lowest BCUT2D eigenvalue weighted by molar-refractivity contribution is -0.0691. The third kappa shape index (κ3) is 6.52. The minimum atomic E-state index is -0.793. The molecule has 2 fully saturated rings. The fourth-order valence-corrected chi connectivity index (χ4v) is 6.92. The zero-order valence-electron chi connectivity index (χ0n) is 29.3. The number of aryl methyl sites for hydroxylation is 1. The van der Waals surface area contributed by atoms with E-state index in [1.807, 2.05) is 26.8 Å². The Kier molecular flexibility index (Phi) is 8.98. The maximum atomic E-state index is 15.4. The Balaban J connectivity index is 1.20. The highest BCUT2D eigenvalue weighted by molar-refractivity contribution is 5.83. The lowest BCUT2D eigenvalue weighted by Gasteiger charge is -2.46. The number of pyridine rings is 2. The number of hydrogen-bond acceptors (Lipinski definition) is 9. The van der Waals surface area contributed by atoms with Crippen LogP contribution in [0.15, 0.2) is 70.6 Å². The molecule has 7 rings (SSSR count). The van der Waals surface area contributed by atoms with Crippen LogP contribution in [0.1, 0.15) is 38.8 Å². The molecule has 3 aromatic heterocycles. The van der Waals surface area contributed by atoms with Crippen LogP contribution in [0, 0.1) is 11.6 Å². The van der Waals surface area contributed by atoms with E-state index in [0.717, 1.165) is 49.3 Å². The number of aliphatic hydroxyl groups is 1. The summed E-state index contributed by atoms with van der Waals surface area (Å²) in [6.07, 6.45) is 4.65. The van der Waals surface area contributed by atoms with E-state index in [-0.39, 0.29) is 38.9 Å². The molecule has 0 saturated carbocycles. The van der Waals surface area contributed by atoms with E-state index in [4.69, 9.17) is 4.74 Å². The first-order chi connectivity index (χ1) is 24.3. The molecule has 11 nitrogen and oxygen atoms in total. The lowest BCUT2D eigenvalue weighted by Crippen LogP contribution is -2.59. The molecule has 2 N–H and O–H groups in total. The van der Waals surface area contributed by atoms with Gasteiger partial charge in [-0.25, -0.2) is 13.8 Å². The quantitative estimate of drug-likeness (QED) is 0.246. The van der Waals surface area contributed by atoms with Crippen LogP contribution in [-0.2, 0) is 23.8 Å². The fraction of sp³-hybridized carbons (Fsp3) is 0.368. The third-order valence-corrected chi connectivity index (χ3v) is 9.92. The standard InChI is InChI=1S/C38H41F2N7O4/c1-22-17-45(28-20-51-21-28)8-9-46(22)27-6-7-34(41-16-27)43-32-11-24(18-44(5)36(32)49)29-13-26(39)14-33(30(29)19-48)47-37(50)35-23(15-42-47)10-25(12-31(35)40)38(2,3)4/h6-7,10-16,18,22,28,48H,8-9,17,19-21H2,1-5H3,(H,41,43). The molecule has 1 atom stereocenters. The first kappa shape index (κ1) is 34.5. The monoisotopic (exact) mass is 697 g/mol. The predicted octanol–water partition coefficient (Wildman–Crippen LogP) is 4.87. The van der Waals surface area contributed by atoms with Crippen LogP contribution >= 0.6 is 0 Å². The largest absolute Gasteiger partial charge is 0.392 e. The minimum absolute atomic E-state index is 0.0459. The highest BCUT2D eigenvalue weighted by atomic mass is 19.1. The highest BCUT2D eigenvalue weighted by Gasteiger charge is 2.32. The number of aromatic nitrogens is 4. The molecule has 5 aromatic rings. The van der Waals surface area contributed by atoms with Crippen LogP contribution in [0.4, 0.5) is 26.0 Å². The molecule has 0 bridgehead atoms. The summed E-state index contributed by atoms with van der Waals surface area (Å²) in [4.78, 5) is 36.3. The Morgan fingerprint density at radius 1 is 1.02 bits per heavy atom. The summed E-state index contributed by atoms with van der Waals surface area (Å²) in [5.41, 5.74) is 1.08. The van der Waals surface area contributed by atoms with Gasteiger partial charge in [-0.2, -0.15) is 9.78 Å². The summed E-state index contributed by atoms with van der Waals surface area (Å²) in [6, 6.07) is 11.4. The van der Waals surface area contributed by atoms with Crippen molar-refractivity contribution in [3.63, 3.8) is 0 Å². The van der Waals surface area contributed by atoms with Gasteiger partial charge in [0.25, 0.3) is 11.1 Å². The Hall–Kier alpha value is -4.98. The zero-order valence-corrected chi connectivity index (χ0v) is 29.3. The Labute approximate surface area is 293 Å². The van der Waals surface area contributed by atoms with Crippen LogP contribution < -0.4 is 21.3 Å². The second kappa shape index (κ2) is 13.3. The predicted molar refractivity (Wildman–Crippen MR) is 193 cm³/mol. The summed E-state index contributed by atoms with van der Waals surface area (Å²) in [5, 5.41) is 18.1. The van der Waals surface area contributed by atoms with Crippen LogP contribution in [0.5, 0.6) is 0 Å². The molecule has 0 radical (unpaired) electrons. The summed E-state index contributed by atoms with van der Waals surface area (Å²) in [7, 11) is 1.56. The average molecular weight is 698 g/mol. The molecule has 2 aliphatic rings. The topological polar surface area (TPSA) is 118 Å². The molecule has 0 amide bonds. The van der Waals surface area contributed by atoms with Crippen molar-refractivity contribution in [1.82, 2.24) is 24.2 Å². The highest BCUT2D eigenvalue weighted by Crippen LogP contribution is 2.32. The van der Waals surface area contributed by atoms with E-state index < -0.39 is 23.8 Å². The third-order valence-electron chi connectivity index (χ3n) is 9.92. The Bertz CT molecular complexity index is 2240. The number of piperazine rings is 1. The van der Waals surface area contributed by atoms with Crippen LogP contribution in [0.25, 0.3) is 27.6 Å². The van der Waals surface area contributed by atoms with Gasteiger partial charge in [0.15, 0.2) is 0 Å². The number of anilines is 3. The van der Waals surface area contributed by atoms with E-state index in [1.165, 1.54) is 29.1 Å². The van der Waals surface area contributed by atoms with Gasteiger partial charge >= 0.3 is 0 Å². The van der Waals surface area contributed by atoms with Crippen molar-refractivity contribution in [2.45, 2.75) is 51.8 Å². The van der Waals surface area contributed by atoms with Crippen molar-refractivity contribution in [3.8, 4) is 16.8 Å². The second-order valence-corrected chi connectivity index (χ2v) is 14.5. The molecular weight excluding hydrogens is 656 g/mol. The second-order valence-electron chi connectivity index (χ2n) is 14.5. The van der Waals surface area contributed by atoms with E-state index in [0.29, 0.717) is 34.4 Å². The van der Waals surface area contributed by atoms with Gasteiger partial charge in [0, 0.05) is 61.5 Å². The maximum Gasteiger partial charge on any atom is 0.282 e. The van der Waals surface area contributed by atoms with Crippen molar-refractivity contribution in [3.05, 3.63) is 105 Å². The Morgan fingerprint density at radius 3 is 2.45 bits per heavy atom. The number of nitrogens with one attached hydrogen (secondary N) is 1. The number of nitrogens with zero attached hydrogens (tertiary/aromatic N) is 6. The number of aliphatic hydroxyl groups excluding tert-OH is 1. The van der Waals surface area contributed by atoms with Gasteiger partial charge in [0.1, 0.15) is 23.1 Å². The van der Waals surface area contributed by atoms with Gasteiger partial charge in [-0.15, -0.1) is 0 Å². The zero-order chi connectivity index (χ0) is 36.2. The lowest BCUT2D eigenvalue weighted by atomic mass is 9.86. The van der Waals surface area contributed by atoms with Gasteiger partial charge in [0.2, 0.25) is 0 Å². The van der Waals surface area contributed by atoms with Crippen LogP contribution in [-0.4, -0.2) is 74.3 Å². The molecule has 2 aliphatic heterocycles. The normalized spacial score (nSPS) is 17.2. The van der Waals surface area contributed by atoms with E-state index >= 15 is 8.78 Å². The van der Waals surface area contributed by atoms with Gasteiger partial charge < -0.3 is 24.6 Å². The summed E-state index contributed by atoms with van der Waals surface area (Å²) in [5.74, 6) is -0.990. The van der Waals surface area contributed by atoms with Gasteiger partial charge in [-0.1, -0.05) is 20.8 Å². The summed E-state index contributed by atoms with van der Waals surface area (Å²) >= 11 is 0. The maximum absolute atomic E-state index is 15.4. The smallest absolute Gasteiger partial charge is 0.282 e. The van der Waals surface area contributed by atoms with Crippen molar-refractivity contribution in [2.75, 3.05) is 43.1 Å². The average Bonchev–Trinajstić information content (AvgIpc) is 3.05. The van der Waals surface area contributed by atoms with Crippen molar-refractivity contribution in [2.24, 2.45) is 7.05 Å².